The van der Waals surface area contributed by atoms with Gasteiger partial charge in [-0.3, -0.25) is 5.10 Å². The lowest BCUT2D eigenvalue weighted by Gasteiger charge is -2.00. The summed E-state index contributed by atoms with van der Waals surface area (Å²) in [6.45, 7) is 0. The number of hydrogen-bond acceptors (Lipinski definition) is 5. The number of benzene rings is 1. The standard InChI is InChI=1S/C14H12Cl2N6/c15-12-18-13(16)20-14(19-12)17-11-8-10(21-22-11)7-6-9-4-2-1-3-5-9/h1-5,8H,6-7H2,(H2,17,18,19,20,21,22). The van der Waals surface area contributed by atoms with Crippen LogP contribution in [0.25, 0.3) is 0 Å². The molecule has 2 aromatic heterocycles. The number of aryl methyl sites for hydroxylation is 2. The van der Waals surface area contributed by atoms with Gasteiger partial charge in [-0.25, -0.2) is 0 Å². The van der Waals surface area contributed by atoms with Crippen LogP contribution in [-0.2, 0) is 12.8 Å². The highest BCUT2D eigenvalue weighted by Crippen LogP contribution is 2.15. The van der Waals surface area contributed by atoms with Crippen LogP contribution in [0, 0.1) is 0 Å². The molecule has 0 amide bonds. The first kappa shape index (κ1) is 14.7. The number of H-pyrrole nitrogens is 1. The molecule has 0 radical (unpaired) electrons. The van der Waals surface area contributed by atoms with Gasteiger partial charge >= 0.3 is 0 Å². The van der Waals surface area contributed by atoms with Crippen LogP contribution in [-0.4, -0.2) is 25.1 Å². The molecule has 8 heteroatoms. The molecule has 22 heavy (non-hydrogen) atoms. The summed E-state index contributed by atoms with van der Waals surface area (Å²) in [6.07, 6.45) is 1.79. The van der Waals surface area contributed by atoms with Gasteiger partial charge in [0.05, 0.1) is 0 Å². The zero-order valence-corrected chi connectivity index (χ0v) is 12.9. The van der Waals surface area contributed by atoms with Crippen molar-refractivity contribution in [2.24, 2.45) is 0 Å². The minimum absolute atomic E-state index is 0.0299. The summed E-state index contributed by atoms with van der Waals surface area (Å²) in [5.41, 5.74) is 2.29. The third-order valence-electron chi connectivity index (χ3n) is 2.98. The average Bonchev–Trinajstić information content (AvgIpc) is 2.93. The Balaban J connectivity index is 1.63. The zero-order valence-electron chi connectivity index (χ0n) is 11.4. The molecule has 2 heterocycles. The van der Waals surface area contributed by atoms with Crippen molar-refractivity contribution in [2.45, 2.75) is 12.8 Å². The van der Waals surface area contributed by atoms with E-state index in [1.807, 2.05) is 24.3 Å². The van der Waals surface area contributed by atoms with Crippen molar-refractivity contribution < 1.29 is 0 Å². The molecule has 0 atom stereocenters. The fraction of sp³-hybridized carbons (Fsp3) is 0.143. The van der Waals surface area contributed by atoms with Crippen molar-refractivity contribution in [1.82, 2.24) is 25.1 Å². The monoisotopic (exact) mass is 334 g/mol. The van der Waals surface area contributed by atoms with E-state index in [2.05, 4.69) is 42.6 Å². The number of rotatable bonds is 5. The van der Waals surface area contributed by atoms with Gasteiger partial charge in [0.1, 0.15) is 0 Å². The third kappa shape index (κ3) is 3.93. The van der Waals surface area contributed by atoms with Crippen LogP contribution < -0.4 is 5.32 Å². The summed E-state index contributed by atoms with van der Waals surface area (Å²) in [7, 11) is 0. The maximum absolute atomic E-state index is 5.72. The van der Waals surface area contributed by atoms with Crippen molar-refractivity contribution in [3.8, 4) is 0 Å². The van der Waals surface area contributed by atoms with Crippen LogP contribution >= 0.6 is 23.2 Å². The van der Waals surface area contributed by atoms with Gasteiger partial charge in [0.2, 0.25) is 16.5 Å². The summed E-state index contributed by atoms with van der Waals surface area (Å²) in [5, 5.41) is 10.1. The van der Waals surface area contributed by atoms with Crippen molar-refractivity contribution in [3.63, 3.8) is 0 Å². The fourth-order valence-corrected chi connectivity index (χ4v) is 2.34. The van der Waals surface area contributed by atoms with Crippen LogP contribution in [0.4, 0.5) is 11.8 Å². The van der Waals surface area contributed by atoms with E-state index in [9.17, 15) is 0 Å². The number of aromatic amines is 1. The van der Waals surface area contributed by atoms with Gasteiger partial charge in [-0.15, -0.1) is 0 Å². The summed E-state index contributed by atoms with van der Waals surface area (Å²) in [6, 6.07) is 12.2. The van der Waals surface area contributed by atoms with Crippen LogP contribution in [0.15, 0.2) is 36.4 Å². The summed E-state index contributed by atoms with van der Waals surface area (Å²) in [4.78, 5) is 11.5. The third-order valence-corrected chi connectivity index (χ3v) is 3.32. The van der Waals surface area contributed by atoms with Gasteiger partial charge in [0, 0.05) is 11.8 Å². The molecule has 0 saturated heterocycles. The highest BCUT2D eigenvalue weighted by Gasteiger charge is 2.06. The van der Waals surface area contributed by atoms with Gasteiger partial charge in [-0.05, 0) is 41.6 Å². The largest absolute Gasteiger partial charge is 0.307 e. The maximum Gasteiger partial charge on any atom is 0.234 e. The Bertz CT molecular complexity index is 739. The maximum atomic E-state index is 5.72. The first-order valence-electron chi connectivity index (χ1n) is 6.61. The Morgan fingerprint density at radius 2 is 1.68 bits per heavy atom. The highest BCUT2D eigenvalue weighted by atomic mass is 35.5. The van der Waals surface area contributed by atoms with E-state index in [1.54, 1.807) is 0 Å². The van der Waals surface area contributed by atoms with E-state index in [4.69, 9.17) is 23.2 Å². The molecule has 0 spiro atoms. The lowest BCUT2D eigenvalue weighted by molar-refractivity contribution is 0.893. The smallest absolute Gasteiger partial charge is 0.234 e. The van der Waals surface area contributed by atoms with E-state index in [0.717, 1.165) is 18.5 Å². The number of anilines is 2. The molecule has 0 aliphatic heterocycles. The number of hydrogen-bond donors (Lipinski definition) is 2. The Morgan fingerprint density at radius 3 is 2.41 bits per heavy atom. The van der Waals surface area contributed by atoms with Crippen molar-refractivity contribution in [2.75, 3.05) is 5.32 Å². The Morgan fingerprint density at radius 1 is 0.955 bits per heavy atom. The first-order chi connectivity index (χ1) is 10.7. The van der Waals surface area contributed by atoms with Gasteiger partial charge in [-0.2, -0.15) is 20.1 Å². The molecule has 3 aromatic rings. The highest BCUT2D eigenvalue weighted by molar-refractivity contribution is 6.31. The number of aromatic nitrogens is 5. The zero-order chi connectivity index (χ0) is 15.4. The van der Waals surface area contributed by atoms with Crippen LogP contribution in [0.2, 0.25) is 10.6 Å². The van der Waals surface area contributed by atoms with Crippen molar-refractivity contribution in [1.29, 1.82) is 0 Å². The Labute approximate surface area is 136 Å². The second-order valence-electron chi connectivity index (χ2n) is 4.59. The van der Waals surface area contributed by atoms with Gasteiger partial charge in [0.25, 0.3) is 0 Å². The van der Waals surface area contributed by atoms with E-state index >= 15 is 0 Å². The predicted molar refractivity (Wildman–Crippen MR) is 85.6 cm³/mol. The lowest BCUT2D eigenvalue weighted by Crippen LogP contribution is -1.99. The normalized spacial score (nSPS) is 10.6. The minimum Gasteiger partial charge on any atom is -0.307 e. The Kier molecular flexibility index (Phi) is 4.50. The molecule has 0 aliphatic carbocycles. The molecule has 0 bridgehead atoms. The van der Waals surface area contributed by atoms with Crippen molar-refractivity contribution >= 4 is 35.0 Å². The summed E-state index contributed by atoms with van der Waals surface area (Å²) < 4.78 is 0. The average molecular weight is 335 g/mol. The van der Waals surface area contributed by atoms with E-state index in [-0.39, 0.29) is 16.5 Å². The fourth-order valence-electron chi connectivity index (χ4n) is 1.97. The van der Waals surface area contributed by atoms with Crippen LogP contribution in [0.5, 0.6) is 0 Å². The topological polar surface area (TPSA) is 79.4 Å². The number of nitrogens with zero attached hydrogens (tertiary/aromatic N) is 4. The molecule has 2 N–H and O–H groups in total. The van der Waals surface area contributed by atoms with Crippen LogP contribution in [0.1, 0.15) is 11.3 Å². The SMILES string of the molecule is Clc1nc(Cl)nc(Nc2cc(CCc3ccccc3)[nH]n2)n1. The van der Waals surface area contributed by atoms with Gasteiger partial charge in [0.15, 0.2) is 5.82 Å². The first-order valence-corrected chi connectivity index (χ1v) is 7.37. The molecule has 3 rings (SSSR count). The molecular weight excluding hydrogens is 323 g/mol. The molecule has 0 saturated carbocycles. The van der Waals surface area contributed by atoms with E-state index in [0.29, 0.717) is 5.82 Å². The number of halogens is 2. The van der Waals surface area contributed by atoms with Gasteiger partial charge < -0.3 is 5.32 Å². The molecular formula is C14H12Cl2N6. The van der Waals surface area contributed by atoms with E-state index < -0.39 is 0 Å². The van der Waals surface area contributed by atoms with Crippen LogP contribution in [0.3, 0.4) is 0 Å². The molecule has 112 valence electrons. The molecule has 0 unspecified atom stereocenters. The second kappa shape index (κ2) is 6.72. The number of nitrogens with one attached hydrogen (secondary N) is 2. The Hall–Kier alpha value is -2.18. The predicted octanol–water partition coefficient (Wildman–Crippen LogP) is 3.43. The quantitative estimate of drug-likeness (QED) is 0.747. The molecule has 1 aromatic carbocycles. The molecule has 6 nitrogen and oxygen atoms in total. The summed E-state index contributed by atoms with van der Waals surface area (Å²) >= 11 is 11.4. The van der Waals surface area contributed by atoms with Crippen molar-refractivity contribution in [3.05, 3.63) is 58.2 Å². The van der Waals surface area contributed by atoms with E-state index in [1.165, 1.54) is 5.56 Å². The minimum atomic E-state index is 0.0299. The molecule has 0 aliphatic rings. The summed E-state index contributed by atoms with van der Waals surface area (Å²) in [5.74, 6) is 0.854. The lowest BCUT2D eigenvalue weighted by atomic mass is 10.1. The van der Waals surface area contributed by atoms with Gasteiger partial charge in [-0.1, -0.05) is 30.3 Å². The molecule has 0 fully saturated rings. The second-order valence-corrected chi connectivity index (χ2v) is 5.26.